The molecule has 4 nitrogen and oxygen atoms in total. The molecule has 0 aromatic heterocycles. The van der Waals surface area contributed by atoms with Crippen LogP contribution in [-0.4, -0.2) is 31.6 Å². The second-order valence-corrected chi connectivity index (χ2v) is 6.55. The Morgan fingerprint density at radius 2 is 1.83 bits per heavy atom. The van der Waals surface area contributed by atoms with Gasteiger partial charge < -0.3 is 9.84 Å². The van der Waals surface area contributed by atoms with Crippen LogP contribution in [-0.2, 0) is 9.84 Å². The van der Waals surface area contributed by atoms with E-state index in [2.05, 4.69) is 0 Å². The monoisotopic (exact) mass is 272 g/mol. The first-order valence-electron chi connectivity index (χ1n) is 6.06. The van der Waals surface area contributed by atoms with Crippen LogP contribution in [0.4, 0.5) is 0 Å². The Hall–Kier alpha value is -1.07. The maximum Gasteiger partial charge on any atom is 0.153 e. The van der Waals surface area contributed by atoms with Crippen LogP contribution in [0.25, 0.3) is 0 Å². The van der Waals surface area contributed by atoms with E-state index in [0.717, 1.165) is 5.56 Å². The summed E-state index contributed by atoms with van der Waals surface area (Å²) in [5.74, 6) is 0.863. The van der Waals surface area contributed by atoms with Gasteiger partial charge in [0, 0.05) is 0 Å². The van der Waals surface area contributed by atoms with E-state index in [1.807, 2.05) is 6.92 Å². The van der Waals surface area contributed by atoms with E-state index in [4.69, 9.17) is 4.74 Å². The Morgan fingerprint density at radius 1 is 1.22 bits per heavy atom. The molecule has 18 heavy (non-hydrogen) atoms. The molecule has 0 radical (unpaired) electrons. The molecule has 1 unspecified atom stereocenters. The molecule has 0 aliphatic heterocycles. The van der Waals surface area contributed by atoms with E-state index < -0.39 is 15.9 Å². The molecule has 1 aromatic rings. The Morgan fingerprint density at radius 3 is 2.33 bits per heavy atom. The van der Waals surface area contributed by atoms with E-state index in [1.165, 1.54) is 0 Å². The Balaban J connectivity index is 2.45. The number of hydrogen-bond donors (Lipinski definition) is 1. The summed E-state index contributed by atoms with van der Waals surface area (Å²) in [7, 11) is -2.99. The van der Waals surface area contributed by atoms with Gasteiger partial charge in [-0.15, -0.1) is 0 Å². The van der Waals surface area contributed by atoms with Crippen LogP contribution < -0.4 is 4.74 Å². The number of ether oxygens (including phenoxy) is 1. The zero-order valence-electron chi connectivity index (χ0n) is 10.8. The fraction of sp³-hybridized carbons (Fsp3) is 0.538. The zero-order valence-corrected chi connectivity index (χ0v) is 11.6. The predicted octanol–water partition coefficient (Wildman–Crippen LogP) is 1.94. The number of benzene rings is 1. The highest BCUT2D eigenvalue weighted by molar-refractivity contribution is 7.91. The van der Waals surface area contributed by atoms with Gasteiger partial charge in [-0.2, -0.15) is 0 Å². The molecule has 0 saturated heterocycles. The third kappa shape index (κ3) is 5.06. The first kappa shape index (κ1) is 15.0. The van der Waals surface area contributed by atoms with Crippen molar-refractivity contribution in [1.82, 2.24) is 0 Å². The number of hydrogen-bond acceptors (Lipinski definition) is 4. The van der Waals surface area contributed by atoms with Crippen molar-refractivity contribution in [2.24, 2.45) is 0 Å². The summed E-state index contributed by atoms with van der Waals surface area (Å²) in [5.41, 5.74) is 0.806. The maximum atomic E-state index is 11.5. The molecule has 1 aromatic carbocycles. The molecule has 1 rings (SSSR count). The lowest BCUT2D eigenvalue weighted by molar-refractivity contribution is 0.199. The molecule has 5 heteroatoms. The van der Waals surface area contributed by atoms with Gasteiger partial charge in [-0.05, 0) is 31.0 Å². The van der Waals surface area contributed by atoms with Crippen molar-refractivity contribution in [3.8, 4) is 5.75 Å². The van der Waals surface area contributed by atoms with Gasteiger partial charge in [0.05, 0.1) is 17.6 Å². The van der Waals surface area contributed by atoms with E-state index in [-0.39, 0.29) is 18.1 Å². The van der Waals surface area contributed by atoms with Gasteiger partial charge in [-0.3, -0.25) is 0 Å². The van der Waals surface area contributed by atoms with Gasteiger partial charge in [0.1, 0.15) is 12.4 Å². The van der Waals surface area contributed by atoms with Crippen LogP contribution in [0.2, 0.25) is 0 Å². The van der Waals surface area contributed by atoms with Gasteiger partial charge in [0.2, 0.25) is 0 Å². The van der Waals surface area contributed by atoms with Crippen molar-refractivity contribution in [2.75, 3.05) is 18.1 Å². The molecule has 1 N–H and O–H groups in total. The molecule has 0 aliphatic carbocycles. The fourth-order valence-electron chi connectivity index (χ4n) is 1.54. The topological polar surface area (TPSA) is 63.6 Å². The highest BCUT2D eigenvalue weighted by atomic mass is 32.2. The van der Waals surface area contributed by atoms with Crippen molar-refractivity contribution in [3.05, 3.63) is 29.8 Å². The summed E-state index contributed by atoms with van der Waals surface area (Å²) >= 11 is 0. The second-order valence-electron chi connectivity index (χ2n) is 4.25. The van der Waals surface area contributed by atoms with Gasteiger partial charge in [0.15, 0.2) is 9.84 Å². The van der Waals surface area contributed by atoms with Crippen molar-refractivity contribution in [3.63, 3.8) is 0 Å². The number of sulfone groups is 1. The minimum absolute atomic E-state index is 0.0407. The third-order valence-corrected chi connectivity index (χ3v) is 4.36. The lowest BCUT2D eigenvalue weighted by Gasteiger charge is -2.08. The van der Waals surface area contributed by atoms with Gasteiger partial charge in [-0.25, -0.2) is 8.42 Å². The van der Waals surface area contributed by atoms with Crippen LogP contribution >= 0.6 is 0 Å². The molecular weight excluding hydrogens is 252 g/mol. The van der Waals surface area contributed by atoms with E-state index in [0.29, 0.717) is 12.2 Å². The number of aliphatic hydroxyl groups is 1. The molecule has 1 atom stereocenters. The molecule has 0 spiro atoms. The summed E-state index contributed by atoms with van der Waals surface area (Å²) in [6, 6.07) is 6.99. The largest absolute Gasteiger partial charge is 0.493 e. The normalized spacial score (nSPS) is 13.3. The third-order valence-electron chi connectivity index (χ3n) is 2.54. The maximum absolute atomic E-state index is 11.5. The second kappa shape index (κ2) is 6.75. The van der Waals surface area contributed by atoms with Crippen molar-refractivity contribution < 1.29 is 18.3 Å². The molecule has 102 valence electrons. The molecule has 0 amide bonds. The molecule has 0 heterocycles. The van der Waals surface area contributed by atoms with Crippen molar-refractivity contribution >= 4 is 9.84 Å². The van der Waals surface area contributed by atoms with E-state index in [1.54, 1.807) is 31.2 Å². The minimum Gasteiger partial charge on any atom is -0.493 e. The lowest BCUT2D eigenvalue weighted by Crippen LogP contribution is -2.16. The van der Waals surface area contributed by atoms with Crippen LogP contribution in [0, 0.1) is 0 Å². The standard InChI is InChI=1S/C13H20O4S/c1-3-9-18(15,16)10-8-17-13-6-4-12(5-7-13)11(2)14/h4-7,11,14H,3,8-10H2,1-2H3. The van der Waals surface area contributed by atoms with E-state index in [9.17, 15) is 13.5 Å². The lowest BCUT2D eigenvalue weighted by atomic mass is 10.1. The first-order valence-corrected chi connectivity index (χ1v) is 7.88. The van der Waals surface area contributed by atoms with Crippen LogP contribution in [0.1, 0.15) is 31.9 Å². The molecule has 0 saturated carbocycles. The number of aliphatic hydroxyl groups excluding tert-OH is 1. The van der Waals surface area contributed by atoms with Gasteiger partial charge in [0.25, 0.3) is 0 Å². The molecule has 0 aliphatic rings. The van der Waals surface area contributed by atoms with E-state index >= 15 is 0 Å². The Labute approximate surface area is 109 Å². The molecular formula is C13H20O4S. The average molecular weight is 272 g/mol. The Bertz CT molecular complexity index is 448. The summed E-state index contributed by atoms with van der Waals surface area (Å²) in [6.07, 6.45) is 0.120. The molecule has 0 fully saturated rings. The quantitative estimate of drug-likeness (QED) is 0.824. The van der Waals surface area contributed by atoms with Crippen LogP contribution in [0.15, 0.2) is 24.3 Å². The SMILES string of the molecule is CCCS(=O)(=O)CCOc1ccc(C(C)O)cc1. The minimum atomic E-state index is -2.99. The van der Waals surface area contributed by atoms with Crippen molar-refractivity contribution in [1.29, 1.82) is 0 Å². The highest BCUT2D eigenvalue weighted by Gasteiger charge is 2.09. The summed E-state index contributed by atoms with van der Waals surface area (Å²) in [6.45, 7) is 3.69. The fourth-order valence-corrected chi connectivity index (χ4v) is 2.71. The predicted molar refractivity (Wildman–Crippen MR) is 71.5 cm³/mol. The van der Waals surface area contributed by atoms with Gasteiger partial charge >= 0.3 is 0 Å². The zero-order chi connectivity index (χ0) is 13.6. The van der Waals surface area contributed by atoms with Gasteiger partial charge in [-0.1, -0.05) is 19.1 Å². The smallest absolute Gasteiger partial charge is 0.153 e. The Kier molecular flexibility index (Phi) is 5.62. The highest BCUT2D eigenvalue weighted by Crippen LogP contribution is 2.17. The van der Waals surface area contributed by atoms with Crippen LogP contribution in [0.5, 0.6) is 5.75 Å². The van der Waals surface area contributed by atoms with Crippen molar-refractivity contribution in [2.45, 2.75) is 26.4 Å². The summed E-state index contributed by atoms with van der Waals surface area (Å²) < 4.78 is 28.3. The summed E-state index contributed by atoms with van der Waals surface area (Å²) in [5, 5.41) is 9.34. The average Bonchev–Trinajstić information content (AvgIpc) is 2.29. The first-order chi connectivity index (χ1) is 8.44. The van der Waals surface area contributed by atoms with Crippen LogP contribution in [0.3, 0.4) is 0 Å². The molecule has 0 bridgehead atoms. The summed E-state index contributed by atoms with van der Waals surface area (Å²) in [4.78, 5) is 0. The number of rotatable bonds is 7.